The summed E-state index contributed by atoms with van der Waals surface area (Å²) in [5, 5.41) is 0. The van der Waals surface area contributed by atoms with Crippen molar-refractivity contribution in [3.05, 3.63) is 29.8 Å². The molecule has 0 bridgehead atoms. The van der Waals surface area contributed by atoms with Crippen molar-refractivity contribution < 1.29 is 14.3 Å². The summed E-state index contributed by atoms with van der Waals surface area (Å²) in [6, 6.07) is 7.38. The molecule has 0 heterocycles. The fourth-order valence-electron chi connectivity index (χ4n) is 1.66. The van der Waals surface area contributed by atoms with Crippen molar-refractivity contribution in [1.29, 1.82) is 0 Å². The summed E-state index contributed by atoms with van der Waals surface area (Å²) in [6.45, 7) is 3.82. The highest BCUT2D eigenvalue weighted by Gasteiger charge is 2.24. The van der Waals surface area contributed by atoms with Crippen LogP contribution in [0.3, 0.4) is 0 Å². The van der Waals surface area contributed by atoms with E-state index in [1.54, 1.807) is 7.11 Å². The van der Waals surface area contributed by atoms with Gasteiger partial charge in [0.05, 0.1) is 11.7 Å². The molecule has 0 aliphatic heterocycles. The van der Waals surface area contributed by atoms with Crippen molar-refractivity contribution in [3.8, 4) is 5.75 Å². The zero-order valence-electron chi connectivity index (χ0n) is 11.2. The molecule has 3 heteroatoms. The van der Waals surface area contributed by atoms with E-state index in [9.17, 15) is 4.79 Å². The van der Waals surface area contributed by atoms with Crippen LogP contribution in [0.5, 0.6) is 5.75 Å². The number of carbonyl (C=O) groups is 1. The molecule has 0 radical (unpaired) electrons. The minimum atomic E-state index is -0.416. The molecule has 1 aliphatic rings. The largest absolute Gasteiger partial charge is 0.490 e. The third-order valence-electron chi connectivity index (χ3n) is 3.14. The zero-order valence-corrected chi connectivity index (χ0v) is 11.2. The predicted molar refractivity (Wildman–Crippen MR) is 70.1 cm³/mol. The molecule has 1 fully saturated rings. The lowest BCUT2D eigenvalue weighted by atomic mass is 9.97. The Morgan fingerprint density at radius 1 is 1.28 bits per heavy atom. The first-order valence-electron chi connectivity index (χ1n) is 6.35. The summed E-state index contributed by atoms with van der Waals surface area (Å²) < 4.78 is 10.9. The predicted octanol–water partition coefficient (Wildman–Crippen LogP) is 3.23. The topological polar surface area (TPSA) is 35.5 Å². The Morgan fingerprint density at radius 3 is 2.39 bits per heavy atom. The van der Waals surface area contributed by atoms with Crippen molar-refractivity contribution in [2.24, 2.45) is 0 Å². The SMILES string of the molecule is COC(C)(C)CC(=O)c1ccc(OC2CC2)cc1. The van der Waals surface area contributed by atoms with E-state index in [2.05, 4.69) is 0 Å². The molecule has 0 saturated heterocycles. The van der Waals surface area contributed by atoms with Gasteiger partial charge in [0.2, 0.25) is 0 Å². The second-order valence-electron chi connectivity index (χ2n) is 5.41. The summed E-state index contributed by atoms with van der Waals surface area (Å²) in [4.78, 5) is 12.0. The Kier molecular flexibility index (Phi) is 3.71. The fraction of sp³-hybridized carbons (Fsp3) is 0.533. The molecule has 1 aromatic rings. The maximum atomic E-state index is 12.0. The Bertz CT molecular complexity index is 416. The standard InChI is InChI=1S/C15H20O3/c1-15(2,17-3)10-14(16)11-4-6-12(7-5-11)18-13-8-9-13/h4-7,13H,8-10H2,1-3H3. The van der Waals surface area contributed by atoms with E-state index in [0.29, 0.717) is 18.1 Å². The van der Waals surface area contributed by atoms with E-state index < -0.39 is 5.60 Å². The maximum Gasteiger partial charge on any atom is 0.165 e. The van der Waals surface area contributed by atoms with Gasteiger partial charge in [0.25, 0.3) is 0 Å². The maximum absolute atomic E-state index is 12.0. The summed E-state index contributed by atoms with van der Waals surface area (Å²) in [5.41, 5.74) is 0.295. The van der Waals surface area contributed by atoms with Gasteiger partial charge >= 0.3 is 0 Å². The lowest BCUT2D eigenvalue weighted by Gasteiger charge is -2.21. The van der Waals surface area contributed by atoms with Crippen LogP contribution in [0.15, 0.2) is 24.3 Å². The molecule has 0 amide bonds. The van der Waals surface area contributed by atoms with E-state index >= 15 is 0 Å². The lowest BCUT2D eigenvalue weighted by molar-refractivity contribution is 0.0172. The average Bonchev–Trinajstić information content (AvgIpc) is 3.13. The molecule has 3 nitrogen and oxygen atoms in total. The van der Waals surface area contributed by atoms with Gasteiger partial charge in [-0.05, 0) is 51.0 Å². The van der Waals surface area contributed by atoms with Gasteiger partial charge in [-0.1, -0.05) is 0 Å². The van der Waals surface area contributed by atoms with Crippen LogP contribution in [0.4, 0.5) is 0 Å². The molecule has 0 aromatic heterocycles. The summed E-state index contributed by atoms with van der Waals surface area (Å²) in [5.74, 6) is 0.944. The van der Waals surface area contributed by atoms with E-state index in [4.69, 9.17) is 9.47 Å². The van der Waals surface area contributed by atoms with Crippen molar-refractivity contribution in [2.45, 2.75) is 44.8 Å². The molecule has 1 saturated carbocycles. The molecular formula is C15H20O3. The lowest BCUT2D eigenvalue weighted by Crippen LogP contribution is -2.26. The van der Waals surface area contributed by atoms with Gasteiger partial charge < -0.3 is 9.47 Å². The second-order valence-corrected chi connectivity index (χ2v) is 5.41. The van der Waals surface area contributed by atoms with Gasteiger partial charge in [-0.2, -0.15) is 0 Å². The number of carbonyl (C=O) groups excluding carboxylic acids is 1. The Labute approximate surface area is 108 Å². The van der Waals surface area contributed by atoms with Crippen molar-refractivity contribution in [3.63, 3.8) is 0 Å². The highest BCUT2D eigenvalue weighted by atomic mass is 16.5. The molecule has 0 atom stereocenters. The van der Waals surface area contributed by atoms with Gasteiger partial charge in [0, 0.05) is 19.1 Å². The molecule has 98 valence electrons. The third kappa shape index (κ3) is 3.57. The molecule has 1 aromatic carbocycles. The number of methoxy groups -OCH3 is 1. The van der Waals surface area contributed by atoms with Crippen LogP contribution in [0, 0.1) is 0 Å². The Morgan fingerprint density at radius 2 is 1.89 bits per heavy atom. The van der Waals surface area contributed by atoms with Crippen LogP contribution in [0.2, 0.25) is 0 Å². The number of ether oxygens (including phenoxy) is 2. The number of hydrogen-bond donors (Lipinski definition) is 0. The first-order chi connectivity index (χ1) is 8.50. The molecule has 0 N–H and O–H groups in total. The third-order valence-corrected chi connectivity index (χ3v) is 3.14. The summed E-state index contributed by atoms with van der Waals surface area (Å²) in [7, 11) is 1.62. The van der Waals surface area contributed by atoms with E-state index in [1.807, 2.05) is 38.1 Å². The fourth-order valence-corrected chi connectivity index (χ4v) is 1.66. The average molecular weight is 248 g/mol. The normalized spacial score (nSPS) is 15.5. The van der Waals surface area contributed by atoms with Crippen molar-refractivity contribution >= 4 is 5.78 Å². The van der Waals surface area contributed by atoms with Crippen LogP contribution in [0.25, 0.3) is 0 Å². The second kappa shape index (κ2) is 5.11. The number of hydrogen-bond acceptors (Lipinski definition) is 3. The molecule has 18 heavy (non-hydrogen) atoms. The van der Waals surface area contributed by atoms with E-state index in [-0.39, 0.29) is 5.78 Å². The Hall–Kier alpha value is -1.35. The number of Topliss-reactive ketones (excluding diaryl/α,β-unsaturated/α-hetero) is 1. The van der Waals surface area contributed by atoms with Crippen LogP contribution < -0.4 is 4.74 Å². The van der Waals surface area contributed by atoms with Crippen molar-refractivity contribution in [1.82, 2.24) is 0 Å². The summed E-state index contributed by atoms with van der Waals surface area (Å²) >= 11 is 0. The highest BCUT2D eigenvalue weighted by Crippen LogP contribution is 2.27. The molecule has 1 aliphatic carbocycles. The number of ketones is 1. The van der Waals surface area contributed by atoms with Gasteiger partial charge in [0.15, 0.2) is 5.78 Å². The van der Waals surface area contributed by atoms with Crippen LogP contribution in [-0.2, 0) is 4.74 Å². The quantitative estimate of drug-likeness (QED) is 0.725. The number of rotatable bonds is 6. The van der Waals surface area contributed by atoms with Crippen LogP contribution in [0.1, 0.15) is 43.5 Å². The highest BCUT2D eigenvalue weighted by molar-refractivity contribution is 5.96. The molecule has 2 rings (SSSR count). The molecule has 0 spiro atoms. The monoisotopic (exact) mass is 248 g/mol. The first kappa shape index (κ1) is 13.1. The summed E-state index contributed by atoms with van der Waals surface area (Å²) in [6.07, 6.45) is 3.05. The Balaban J connectivity index is 1.97. The van der Waals surface area contributed by atoms with Crippen molar-refractivity contribution in [2.75, 3.05) is 7.11 Å². The minimum absolute atomic E-state index is 0.0971. The van der Waals surface area contributed by atoms with Crippen LogP contribution in [-0.4, -0.2) is 24.6 Å². The molecular weight excluding hydrogens is 228 g/mol. The van der Waals surface area contributed by atoms with Gasteiger partial charge in [0.1, 0.15) is 5.75 Å². The minimum Gasteiger partial charge on any atom is -0.490 e. The van der Waals surface area contributed by atoms with Gasteiger partial charge in [-0.15, -0.1) is 0 Å². The molecule has 0 unspecified atom stereocenters. The first-order valence-corrected chi connectivity index (χ1v) is 6.35. The van der Waals surface area contributed by atoms with E-state index in [0.717, 1.165) is 18.6 Å². The number of benzene rings is 1. The smallest absolute Gasteiger partial charge is 0.165 e. The van der Waals surface area contributed by atoms with Gasteiger partial charge in [-0.25, -0.2) is 0 Å². The van der Waals surface area contributed by atoms with Gasteiger partial charge in [-0.3, -0.25) is 4.79 Å². The zero-order chi connectivity index (χ0) is 13.2. The van der Waals surface area contributed by atoms with Crippen LogP contribution >= 0.6 is 0 Å². The van der Waals surface area contributed by atoms with E-state index in [1.165, 1.54) is 0 Å².